The second kappa shape index (κ2) is 12.2. The molecule has 1 saturated heterocycles. The van der Waals surface area contributed by atoms with Gasteiger partial charge in [0.2, 0.25) is 6.41 Å². The van der Waals surface area contributed by atoms with E-state index in [-0.39, 0.29) is 28.2 Å². The van der Waals surface area contributed by atoms with Crippen LogP contribution in [0.15, 0.2) is 64.4 Å². The fraction of sp³-hybridized carbons (Fsp3) is 0.346. The summed E-state index contributed by atoms with van der Waals surface area (Å²) in [6.45, 7) is 5.00. The first kappa shape index (κ1) is 27.3. The summed E-state index contributed by atoms with van der Waals surface area (Å²) in [5.41, 5.74) is 1.09. The maximum atomic E-state index is 12.6. The average Bonchev–Trinajstić information content (AvgIpc) is 3.19. The average molecular weight is 604 g/mol. The van der Waals surface area contributed by atoms with E-state index in [0.717, 1.165) is 49.9 Å². The summed E-state index contributed by atoms with van der Waals surface area (Å²) in [6, 6.07) is 14.7. The number of likely N-dealkylation sites (tertiary alicyclic amines) is 1. The Kier molecular flexibility index (Phi) is 9.04. The number of pyridine rings is 3. The van der Waals surface area contributed by atoms with Crippen LogP contribution in [0.25, 0.3) is 0 Å². The SMILES string of the molecule is CC1(C)CC(CCC(Nc2cccc(SNC(=O)c3ccc(Br)nc3Cl)n2)c2ccccn2)CN1C=O. The molecule has 0 spiro atoms. The van der Waals surface area contributed by atoms with Gasteiger partial charge in [0, 0.05) is 30.2 Å². The van der Waals surface area contributed by atoms with Crippen LogP contribution in [0.3, 0.4) is 0 Å². The van der Waals surface area contributed by atoms with Crippen LogP contribution in [0.5, 0.6) is 0 Å². The standard InChI is InChI=1S/C26H28BrClN6O2S/c1-26(2)14-17(15-34(26)16-35)9-11-20(19-6-3-4-13-29-19)30-22-7-5-8-23(32-22)37-33-25(36)18-10-12-21(27)31-24(18)28/h3-8,10,12-13,16-17,20H,9,11,14-15H2,1-2H3,(H,30,32)(H,33,36). The van der Waals surface area contributed by atoms with Gasteiger partial charge in [-0.1, -0.05) is 23.7 Å². The van der Waals surface area contributed by atoms with Gasteiger partial charge in [0.25, 0.3) is 5.91 Å². The first-order chi connectivity index (χ1) is 17.7. The zero-order chi connectivity index (χ0) is 26.4. The quantitative estimate of drug-likeness (QED) is 0.169. The summed E-state index contributed by atoms with van der Waals surface area (Å²) in [5, 5.41) is 4.27. The Morgan fingerprint density at radius 2 is 2.08 bits per heavy atom. The first-order valence-corrected chi connectivity index (χ1v) is 13.9. The van der Waals surface area contributed by atoms with Crippen LogP contribution < -0.4 is 10.0 Å². The van der Waals surface area contributed by atoms with Crippen LogP contribution in [0, 0.1) is 5.92 Å². The number of hydrogen-bond acceptors (Lipinski definition) is 7. The molecule has 0 radical (unpaired) electrons. The van der Waals surface area contributed by atoms with Crippen LogP contribution in [-0.4, -0.2) is 44.3 Å². The highest BCUT2D eigenvalue weighted by molar-refractivity contribution is 9.10. The van der Waals surface area contributed by atoms with Crippen molar-refractivity contribution < 1.29 is 9.59 Å². The first-order valence-electron chi connectivity index (χ1n) is 11.9. The molecule has 0 aliphatic carbocycles. The summed E-state index contributed by atoms with van der Waals surface area (Å²) < 4.78 is 3.33. The van der Waals surface area contributed by atoms with Crippen molar-refractivity contribution in [3.8, 4) is 0 Å². The summed E-state index contributed by atoms with van der Waals surface area (Å²) in [6.07, 6.45) is 5.52. The molecule has 1 aliphatic heterocycles. The van der Waals surface area contributed by atoms with Gasteiger partial charge in [-0.05, 0) is 91.4 Å². The Bertz CT molecular complexity index is 1250. The van der Waals surface area contributed by atoms with Crippen molar-refractivity contribution in [2.24, 2.45) is 5.92 Å². The van der Waals surface area contributed by atoms with Gasteiger partial charge in [0.05, 0.1) is 17.3 Å². The van der Waals surface area contributed by atoms with Crippen molar-refractivity contribution in [1.82, 2.24) is 24.6 Å². The lowest BCUT2D eigenvalue weighted by Crippen LogP contribution is -2.36. The molecule has 194 valence electrons. The Morgan fingerprint density at radius 3 is 2.78 bits per heavy atom. The molecule has 3 aromatic rings. The van der Waals surface area contributed by atoms with E-state index in [1.807, 2.05) is 41.3 Å². The van der Waals surface area contributed by atoms with Crippen molar-refractivity contribution in [1.29, 1.82) is 0 Å². The third-order valence-corrected chi connectivity index (χ3v) is 7.86. The van der Waals surface area contributed by atoms with Crippen LogP contribution in [0.2, 0.25) is 5.15 Å². The van der Waals surface area contributed by atoms with Crippen LogP contribution >= 0.6 is 39.5 Å². The molecule has 0 aromatic carbocycles. The molecule has 2 unspecified atom stereocenters. The highest BCUT2D eigenvalue weighted by atomic mass is 79.9. The van der Waals surface area contributed by atoms with Crippen LogP contribution in [0.1, 0.15) is 55.2 Å². The monoisotopic (exact) mass is 602 g/mol. The van der Waals surface area contributed by atoms with Crippen molar-refractivity contribution in [2.75, 3.05) is 11.9 Å². The molecule has 3 aromatic heterocycles. The van der Waals surface area contributed by atoms with Crippen molar-refractivity contribution in [3.05, 3.63) is 75.7 Å². The highest BCUT2D eigenvalue weighted by Crippen LogP contribution is 2.35. The zero-order valence-electron chi connectivity index (χ0n) is 20.5. The van der Waals surface area contributed by atoms with Gasteiger partial charge in [-0.15, -0.1) is 0 Å². The Morgan fingerprint density at radius 1 is 1.24 bits per heavy atom. The number of hydrogen-bond donors (Lipinski definition) is 2. The third kappa shape index (κ3) is 7.21. The molecule has 1 aliphatic rings. The van der Waals surface area contributed by atoms with Crippen LogP contribution in [-0.2, 0) is 4.79 Å². The maximum absolute atomic E-state index is 12.6. The molecule has 4 rings (SSSR count). The normalized spacial score (nSPS) is 17.3. The molecule has 2 N–H and O–H groups in total. The minimum absolute atomic E-state index is 0.0513. The van der Waals surface area contributed by atoms with E-state index in [2.05, 4.69) is 54.8 Å². The van der Waals surface area contributed by atoms with Crippen molar-refractivity contribution in [2.45, 2.75) is 49.7 Å². The smallest absolute Gasteiger partial charge is 0.264 e. The molecule has 37 heavy (non-hydrogen) atoms. The molecule has 0 bridgehead atoms. The molecular weight excluding hydrogens is 576 g/mol. The van der Waals surface area contributed by atoms with E-state index in [0.29, 0.717) is 21.4 Å². The number of anilines is 1. The molecule has 0 saturated carbocycles. The van der Waals surface area contributed by atoms with Gasteiger partial charge in [-0.25, -0.2) is 9.97 Å². The number of nitrogens with one attached hydrogen (secondary N) is 2. The Balaban J connectivity index is 1.41. The van der Waals surface area contributed by atoms with Gasteiger partial charge in [0.1, 0.15) is 20.6 Å². The van der Waals surface area contributed by atoms with Gasteiger partial charge in [-0.3, -0.25) is 19.3 Å². The fourth-order valence-corrected chi connectivity index (χ4v) is 5.79. The lowest BCUT2D eigenvalue weighted by Gasteiger charge is -2.27. The number of rotatable bonds is 10. The Hall–Kier alpha value is -2.69. The van der Waals surface area contributed by atoms with E-state index < -0.39 is 0 Å². The Labute approximate surface area is 234 Å². The largest absolute Gasteiger partial charge is 0.362 e. The number of aromatic nitrogens is 3. The minimum Gasteiger partial charge on any atom is -0.362 e. The summed E-state index contributed by atoms with van der Waals surface area (Å²) >= 11 is 10.4. The fourth-order valence-electron chi connectivity index (χ4n) is 4.54. The van der Waals surface area contributed by atoms with E-state index >= 15 is 0 Å². The van der Waals surface area contributed by atoms with E-state index in [4.69, 9.17) is 11.6 Å². The molecule has 2 atom stereocenters. The molecule has 11 heteroatoms. The topological polar surface area (TPSA) is 100 Å². The van der Waals surface area contributed by atoms with Gasteiger partial charge in [-0.2, -0.15) is 0 Å². The number of carbonyl (C=O) groups excluding carboxylic acids is 2. The molecule has 2 amide bonds. The second-order valence-corrected chi connectivity index (χ2v) is 11.5. The number of halogens is 2. The highest BCUT2D eigenvalue weighted by Gasteiger charge is 2.37. The van der Waals surface area contributed by atoms with Crippen molar-refractivity contribution in [3.63, 3.8) is 0 Å². The third-order valence-electron chi connectivity index (χ3n) is 6.41. The van der Waals surface area contributed by atoms with E-state index in [1.165, 1.54) is 0 Å². The van der Waals surface area contributed by atoms with Gasteiger partial charge in [0.15, 0.2) is 0 Å². The second-order valence-electron chi connectivity index (χ2n) is 9.54. The maximum Gasteiger partial charge on any atom is 0.264 e. The summed E-state index contributed by atoms with van der Waals surface area (Å²) in [7, 11) is 0. The van der Waals surface area contributed by atoms with Gasteiger partial charge < -0.3 is 10.2 Å². The predicted octanol–water partition coefficient (Wildman–Crippen LogP) is 5.91. The number of amides is 2. The summed E-state index contributed by atoms with van der Waals surface area (Å²) in [4.78, 5) is 39.2. The molecule has 1 fully saturated rings. The number of carbonyl (C=O) groups is 2. The van der Waals surface area contributed by atoms with Crippen molar-refractivity contribution >= 4 is 57.6 Å². The molecule has 8 nitrogen and oxygen atoms in total. The lowest BCUT2D eigenvalue weighted by atomic mass is 9.91. The summed E-state index contributed by atoms with van der Waals surface area (Å²) in [5.74, 6) is 0.753. The number of nitrogens with zero attached hydrogens (tertiary/aromatic N) is 4. The minimum atomic E-state index is -0.356. The lowest BCUT2D eigenvalue weighted by molar-refractivity contribution is -0.120. The van der Waals surface area contributed by atoms with Crippen LogP contribution in [0.4, 0.5) is 5.82 Å². The molecule has 4 heterocycles. The van der Waals surface area contributed by atoms with Gasteiger partial charge >= 0.3 is 0 Å². The zero-order valence-corrected chi connectivity index (χ0v) is 23.7. The van der Waals surface area contributed by atoms with E-state index in [9.17, 15) is 9.59 Å². The predicted molar refractivity (Wildman–Crippen MR) is 149 cm³/mol. The molecular formula is C26H28BrClN6O2S. The van der Waals surface area contributed by atoms with E-state index in [1.54, 1.807) is 18.3 Å².